The van der Waals surface area contributed by atoms with Gasteiger partial charge in [0.2, 0.25) is 0 Å². The lowest BCUT2D eigenvalue weighted by molar-refractivity contribution is 1.18. The van der Waals surface area contributed by atoms with Crippen molar-refractivity contribution in [3.05, 3.63) is 206 Å². The molecule has 0 radical (unpaired) electrons. The molecule has 3 aromatic heterocycles. The van der Waals surface area contributed by atoms with E-state index in [4.69, 9.17) is 0 Å². The second-order valence-electron chi connectivity index (χ2n) is 14.8. The molecule has 0 saturated heterocycles. The molecule has 0 saturated carbocycles. The van der Waals surface area contributed by atoms with Gasteiger partial charge in [-0.3, -0.25) is 0 Å². The molecule has 2 nitrogen and oxygen atoms in total. The minimum absolute atomic E-state index is 1.11. The molecule has 0 fully saturated rings. The summed E-state index contributed by atoms with van der Waals surface area (Å²) in [6, 6.07) is 75.6. The minimum Gasteiger partial charge on any atom is -0.309 e. The molecule has 0 aliphatic rings. The molecule has 0 aliphatic heterocycles. The van der Waals surface area contributed by atoms with Gasteiger partial charge in [0.25, 0.3) is 0 Å². The van der Waals surface area contributed by atoms with Crippen molar-refractivity contribution in [2.45, 2.75) is 0 Å². The van der Waals surface area contributed by atoms with Crippen molar-refractivity contribution in [1.29, 1.82) is 0 Å². The van der Waals surface area contributed by atoms with Crippen LogP contribution in [0.5, 0.6) is 0 Å². The third kappa shape index (κ3) is 5.09. The average molecular weight is 775 g/mol. The third-order valence-corrected chi connectivity index (χ3v) is 14.0. The van der Waals surface area contributed by atoms with Crippen LogP contribution >= 0.6 is 22.7 Å². The van der Waals surface area contributed by atoms with E-state index >= 15 is 0 Å². The molecule has 0 atom stereocenters. The monoisotopic (exact) mass is 774 g/mol. The van der Waals surface area contributed by atoms with Crippen LogP contribution in [0.2, 0.25) is 0 Å². The number of nitrogens with zero attached hydrogens (tertiary/aromatic N) is 2. The number of para-hydroxylation sites is 3. The molecule has 12 aromatic rings. The standard InChI is InChI=1S/C54H34N2S2/c1-3-16-36(17-4-1)55-46-27-10-7-22-44(46)52-48(55)28-15-29-49(52)56(37-18-5-2-6-19-37)47-33-32-35(38-23-13-24-41-39-20-8-11-30-50(39)57-53(38)41)34-45(47)43-26-14-25-42-40-21-9-12-31-51(40)58-54(42)43/h1-34H. The van der Waals surface area contributed by atoms with E-state index in [1.54, 1.807) is 0 Å². The highest BCUT2D eigenvalue weighted by Gasteiger charge is 2.25. The van der Waals surface area contributed by atoms with Gasteiger partial charge in [-0.25, -0.2) is 0 Å². The lowest BCUT2D eigenvalue weighted by atomic mass is 9.94. The lowest BCUT2D eigenvalue weighted by Crippen LogP contribution is -2.12. The zero-order chi connectivity index (χ0) is 38.2. The fraction of sp³-hybridized carbons (Fsp3) is 0. The number of benzene rings is 9. The summed E-state index contributed by atoms with van der Waals surface area (Å²) in [5.74, 6) is 0. The Morgan fingerprint density at radius 2 is 0.914 bits per heavy atom. The number of hydrogen-bond acceptors (Lipinski definition) is 3. The summed E-state index contributed by atoms with van der Waals surface area (Å²) in [7, 11) is 0. The molecular weight excluding hydrogens is 741 g/mol. The molecule has 0 bridgehead atoms. The van der Waals surface area contributed by atoms with Gasteiger partial charge in [-0.1, -0.05) is 140 Å². The zero-order valence-corrected chi connectivity index (χ0v) is 33.0. The zero-order valence-electron chi connectivity index (χ0n) is 31.3. The topological polar surface area (TPSA) is 8.17 Å². The van der Waals surface area contributed by atoms with Gasteiger partial charge in [0.1, 0.15) is 0 Å². The van der Waals surface area contributed by atoms with Crippen molar-refractivity contribution in [2.24, 2.45) is 0 Å². The number of hydrogen-bond donors (Lipinski definition) is 0. The molecular formula is C54H34N2S2. The average Bonchev–Trinajstić information content (AvgIpc) is 3.97. The molecule has 3 heterocycles. The van der Waals surface area contributed by atoms with Gasteiger partial charge in [0, 0.05) is 73.6 Å². The summed E-state index contributed by atoms with van der Waals surface area (Å²) < 4.78 is 7.64. The van der Waals surface area contributed by atoms with Crippen molar-refractivity contribution in [1.82, 2.24) is 4.57 Å². The first kappa shape index (κ1) is 33.2. The van der Waals surface area contributed by atoms with Crippen LogP contribution in [0.1, 0.15) is 0 Å². The Hall–Kier alpha value is -6.98. The maximum absolute atomic E-state index is 2.50. The van der Waals surface area contributed by atoms with E-state index in [1.165, 1.54) is 84.4 Å². The van der Waals surface area contributed by atoms with E-state index in [0.29, 0.717) is 0 Å². The van der Waals surface area contributed by atoms with Gasteiger partial charge in [-0.15, -0.1) is 22.7 Å². The Bertz CT molecular complexity index is 3520. The van der Waals surface area contributed by atoms with Gasteiger partial charge >= 0.3 is 0 Å². The van der Waals surface area contributed by atoms with Crippen LogP contribution in [-0.4, -0.2) is 4.57 Å². The minimum atomic E-state index is 1.11. The number of anilines is 3. The van der Waals surface area contributed by atoms with Crippen molar-refractivity contribution in [3.8, 4) is 27.9 Å². The fourth-order valence-corrected chi connectivity index (χ4v) is 11.5. The molecule has 4 heteroatoms. The van der Waals surface area contributed by atoms with E-state index in [1.807, 2.05) is 22.7 Å². The van der Waals surface area contributed by atoms with Crippen molar-refractivity contribution < 1.29 is 0 Å². The van der Waals surface area contributed by atoms with Gasteiger partial charge in [0.05, 0.1) is 22.4 Å². The quantitative estimate of drug-likeness (QED) is 0.163. The van der Waals surface area contributed by atoms with Gasteiger partial charge in [-0.2, -0.15) is 0 Å². The third-order valence-electron chi connectivity index (χ3n) is 11.6. The van der Waals surface area contributed by atoms with Gasteiger partial charge in [0.15, 0.2) is 0 Å². The number of fused-ring (bicyclic) bond motifs is 9. The summed E-state index contributed by atoms with van der Waals surface area (Å²) in [6.45, 7) is 0. The van der Waals surface area contributed by atoms with Crippen LogP contribution in [-0.2, 0) is 0 Å². The van der Waals surface area contributed by atoms with E-state index in [2.05, 4.69) is 216 Å². The summed E-state index contributed by atoms with van der Waals surface area (Å²) in [5, 5.41) is 7.66. The van der Waals surface area contributed by atoms with E-state index in [-0.39, 0.29) is 0 Å². The van der Waals surface area contributed by atoms with Gasteiger partial charge < -0.3 is 9.47 Å². The Morgan fingerprint density at radius 1 is 0.362 bits per heavy atom. The molecule has 0 N–H and O–H groups in total. The second-order valence-corrected chi connectivity index (χ2v) is 16.9. The smallest absolute Gasteiger partial charge is 0.0562 e. The van der Waals surface area contributed by atoms with Crippen molar-refractivity contribution >= 4 is 102 Å². The predicted octanol–water partition coefficient (Wildman–Crippen LogP) is 16.3. The molecule has 0 spiro atoms. The molecule has 9 aromatic carbocycles. The molecule has 272 valence electrons. The SMILES string of the molecule is c1ccc(N(c2ccc(-c3cccc4c3sc3ccccc34)cc2-c2cccc3c2sc2ccccc23)c2cccc3c2c2ccccc2n3-c2ccccc2)cc1. The molecule has 0 unspecified atom stereocenters. The van der Waals surface area contributed by atoms with Crippen LogP contribution in [0, 0.1) is 0 Å². The highest BCUT2D eigenvalue weighted by molar-refractivity contribution is 7.26. The largest absolute Gasteiger partial charge is 0.309 e. The summed E-state index contributed by atoms with van der Waals surface area (Å²) >= 11 is 3.77. The predicted molar refractivity (Wildman–Crippen MR) is 252 cm³/mol. The van der Waals surface area contributed by atoms with Gasteiger partial charge in [-0.05, 0) is 77.9 Å². The highest BCUT2D eigenvalue weighted by Crippen LogP contribution is 2.50. The highest BCUT2D eigenvalue weighted by atomic mass is 32.1. The van der Waals surface area contributed by atoms with Crippen molar-refractivity contribution in [3.63, 3.8) is 0 Å². The summed E-state index contributed by atoms with van der Waals surface area (Å²) in [4.78, 5) is 2.50. The Labute approximate surface area is 343 Å². The normalized spacial score (nSPS) is 11.8. The van der Waals surface area contributed by atoms with E-state index in [0.717, 1.165) is 22.7 Å². The maximum atomic E-state index is 2.50. The molecule has 0 aliphatic carbocycles. The van der Waals surface area contributed by atoms with Crippen LogP contribution in [0.4, 0.5) is 17.1 Å². The van der Waals surface area contributed by atoms with Crippen LogP contribution in [0.25, 0.3) is 90.1 Å². The number of thiophene rings is 2. The van der Waals surface area contributed by atoms with Crippen LogP contribution in [0.3, 0.4) is 0 Å². The number of aromatic nitrogens is 1. The first-order chi connectivity index (χ1) is 28.8. The first-order valence-electron chi connectivity index (χ1n) is 19.7. The summed E-state index contributed by atoms with van der Waals surface area (Å²) in [6.07, 6.45) is 0. The van der Waals surface area contributed by atoms with E-state index in [9.17, 15) is 0 Å². The Morgan fingerprint density at radius 3 is 1.64 bits per heavy atom. The fourth-order valence-electron chi connectivity index (χ4n) is 9.08. The molecule has 58 heavy (non-hydrogen) atoms. The van der Waals surface area contributed by atoms with Crippen LogP contribution in [0.15, 0.2) is 206 Å². The Balaban J connectivity index is 1.18. The van der Waals surface area contributed by atoms with E-state index < -0.39 is 0 Å². The maximum Gasteiger partial charge on any atom is 0.0562 e. The van der Waals surface area contributed by atoms with Crippen molar-refractivity contribution in [2.75, 3.05) is 4.90 Å². The summed E-state index contributed by atoms with van der Waals surface area (Å²) in [5.41, 5.74) is 11.8. The molecule has 12 rings (SSSR count). The number of rotatable bonds is 6. The van der Waals surface area contributed by atoms with Crippen LogP contribution < -0.4 is 4.90 Å². The Kier molecular flexibility index (Phi) is 7.62. The lowest BCUT2D eigenvalue weighted by Gasteiger charge is -2.29. The second kappa shape index (κ2) is 13.3. The first-order valence-corrected chi connectivity index (χ1v) is 21.3. The molecule has 0 amide bonds.